The van der Waals surface area contributed by atoms with Crippen LogP contribution >= 0.6 is 11.8 Å². The molecule has 2 heterocycles. The van der Waals surface area contributed by atoms with Crippen molar-refractivity contribution in [1.29, 1.82) is 0 Å². The van der Waals surface area contributed by atoms with Crippen LogP contribution in [0.1, 0.15) is 30.6 Å². The highest BCUT2D eigenvalue weighted by Gasteiger charge is 2.07. The summed E-state index contributed by atoms with van der Waals surface area (Å²) in [7, 11) is 0. The Bertz CT molecular complexity index is 565. The molecule has 5 nitrogen and oxygen atoms in total. The van der Waals surface area contributed by atoms with Gasteiger partial charge in [-0.15, -0.1) is 0 Å². The van der Waals surface area contributed by atoms with Gasteiger partial charge in [-0.1, -0.05) is 6.92 Å². The molecule has 100 valence electrons. The molecule has 0 saturated carbocycles. The van der Waals surface area contributed by atoms with Crippen molar-refractivity contribution in [3.63, 3.8) is 0 Å². The van der Waals surface area contributed by atoms with E-state index in [1.165, 1.54) is 11.8 Å². The van der Waals surface area contributed by atoms with Gasteiger partial charge in [0.15, 0.2) is 5.16 Å². The van der Waals surface area contributed by atoms with Gasteiger partial charge in [0.1, 0.15) is 16.7 Å². The Kier molecular flexibility index (Phi) is 4.31. The smallest absolute Gasteiger partial charge is 0.194 e. The third-order valence-electron chi connectivity index (χ3n) is 2.40. The summed E-state index contributed by atoms with van der Waals surface area (Å²) in [5.74, 6) is 1.26. The van der Waals surface area contributed by atoms with Crippen LogP contribution in [0, 0.1) is 13.8 Å². The lowest BCUT2D eigenvalue weighted by atomic mass is 10.3. The van der Waals surface area contributed by atoms with Crippen LogP contribution in [0.15, 0.2) is 22.3 Å². The third-order valence-corrected chi connectivity index (χ3v) is 3.18. The van der Waals surface area contributed by atoms with Gasteiger partial charge in [-0.2, -0.15) is 0 Å². The standard InChI is InChI=1S/C13H17N5S/c1-4-5-11-17-10(14)7-12(18-11)19-13-15-8(2)6-9(3)16-13/h6-7H,4-5H2,1-3H3,(H2,14,17,18). The minimum Gasteiger partial charge on any atom is -0.384 e. The number of rotatable bonds is 4. The molecule has 0 aliphatic rings. The number of anilines is 1. The summed E-state index contributed by atoms with van der Waals surface area (Å²) in [6, 6.07) is 3.70. The summed E-state index contributed by atoms with van der Waals surface area (Å²) in [5, 5.41) is 1.49. The Hall–Kier alpha value is -1.69. The van der Waals surface area contributed by atoms with Gasteiger partial charge in [0.25, 0.3) is 0 Å². The first kappa shape index (κ1) is 13.7. The van der Waals surface area contributed by atoms with Crippen LogP contribution in [0.25, 0.3) is 0 Å². The highest BCUT2D eigenvalue weighted by atomic mass is 32.2. The molecule has 6 heteroatoms. The maximum atomic E-state index is 5.80. The molecule has 2 aromatic rings. The molecule has 0 aliphatic heterocycles. The second-order valence-corrected chi connectivity index (χ2v) is 5.32. The molecule has 0 aliphatic carbocycles. The highest BCUT2D eigenvalue weighted by Crippen LogP contribution is 2.24. The number of nitrogens with zero attached hydrogens (tertiary/aromatic N) is 4. The van der Waals surface area contributed by atoms with E-state index in [1.807, 2.05) is 19.9 Å². The van der Waals surface area contributed by atoms with E-state index in [-0.39, 0.29) is 0 Å². The zero-order valence-corrected chi connectivity index (χ0v) is 12.2. The third kappa shape index (κ3) is 3.89. The Morgan fingerprint density at radius 1 is 1.05 bits per heavy atom. The normalized spacial score (nSPS) is 10.7. The Morgan fingerprint density at radius 2 is 1.74 bits per heavy atom. The van der Waals surface area contributed by atoms with Crippen molar-refractivity contribution in [3.8, 4) is 0 Å². The van der Waals surface area contributed by atoms with Crippen molar-refractivity contribution >= 4 is 17.6 Å². The Balaban J connectivity index is 2.27. The van der Waals surface area contributed by atoms with Gasteiger partial charge in [-0.25, -0.2) is 19.9 Å². The van der Waals surface area contributed by atoms with Crippen LogP contribution in [0.2, 0.25) is 0 Å². The van der Waals surface area contributed by atoms with Gasteiger partial charge < -0.3 is 5.73 Å². The van der Waals surface area contributed by atoms with E-state index in [0.717, 1.165) is 35.1 Å². The zero-order valence-electron chi connectivity index (χ0n) is 11.3. The molecule has 2 rings (SSSR count). The van der Waals surface area contributed by atoms with Crippen LogP contribution in [0.3, 0.4) is 0 Å². The molecule has 19 heavy (non-hydrogen) atoms. The van der Waals surface area contributed by atoms with Gasteiger partial charge >= 0.3 is 0 Å². The number of nitrogens with two attached hydrogens (primary N) is 1. The predicted octanol–water partition coefficient (Wildman–Crippen LogP) is 2.57. The van der Waals surface area contributed by atoms with Crippen LogP contribution in [-0.2, 0) is 6.42 Å². The summed E-state index contributed by atoms with van der Waals surface area (Å²) >= 11 is 1.42. The fourth-order valence-electron chi connectivity index (χ4n) is 1.71. The van der Waals surface area contributed by atoms with Crippen molar-refractivity contribution in [2.24, 2.45) is 0 Å². The van der Waals surface area contributed by atoms with E-state index in [4.69, 9.17) is 5.73 Å². The summed E-state index contributed by atoms with van der Waals surface area (Å²) in [5.41, 5.74) is 7.70. The number of hydrogen-bond acceptors (Lipinski definition) is 6. The van der Waals surface area contributed by atoms with E-state index in [1.54, 1.807) is 6.07 Å². The SMILES string of the molecule is CCCc1nc(N)cc(Sc2nc(C)cc(C)n2)n1. The van der Waals surface area contributed by atoms with Gasteiger partial charge in [-0.05, 0) is 38.1 Å². The molecular weight excluding hydrogens is 258 g/mol. The first-order valence-electron chi connectivity index (χ1n) is 6.20. The van der Waals surface area contributed by atoms with Crippen LogP contribution in [0.5, 0.6) is 0 Å². The molecule has 2 aromatic heterocycles. The fraction of sp³-hybridized carbons (Fsp3) is 0.385. The quantitative estimate of drug-likeness (QED) is 0.682. The van der Waals surface area contributed by atoms with Crippen LogP contribution in [-0.4, -0.2) is 19.9 Å². The molecular formula is C13H17N5S. The first-order valence-corrected chi connectivity index (χ1v) is 7.02. The minimum absolute atomic E-state index is 0.491. The lowest BCUT2D eigenvalue weighted by molar-refractivity contribution is 0.811. The maximum Gasteiger partial charge on any atom is 0.194 e. The minimum atomic E-state index is 0.491. The Labute approximate surface area is 117 Å². The number of nitrogen functional groups attached to an aromatic ring is 1. The van der Waals surface area contributed by atoms with E-state index < -0.39 is 0 Å². The monoisotopic (exact) mass is 275 g/mol. The molecule has 0 atom stereocenters. The van der Waals surface area contributed by atoms with Gasteiger partial charge in [-0.3, -0.25) is 0 Å². The van der Waals surface area contributed by atoms with E-state index in [0.29, 0.717) is 11.0 Å². The van der Waals surface area contributed by atoms with Gasteiger partial charge in [0.05, 0.1) is 0 Å². The van der Waals surface area contributed by atoms with Crippen LogP contribution in [0.4, 0.5) is 5.82 Å². The molecule has 0 radical (unpaired) electrons. The largest absolute Gasteiger partial charge is 0.384 e. The van der Waals surface area contributed by atoms with Crippen LogP contribution < -0.4 is 5.73 Å². The lowest BCUT2D eigenvalue weighted by Gasteiger charge is -2.05. The summed E-state index contributed by atoms with van der Waals surface area (Å²) < 4.78 is 0. The van der Waals surface area contributed by atoms with E-state index in [9.17, 15) is 0 Å². The van der Waals surface area contributed by atoms with E-state index in [2.05, 4.69) is 26.9 Å². The first-order chi connectivity index (χ1) is 9.06. The molecule has 0 amide bonds. The Morgan fingerprint density at radius 3 is 2.37 bits per heavy atom. The molecule has 0 spiro atoms. The van der Waals surface area contributed by atoms with Crippen molar-refractivity contribution in [2.45, 2.75) is 43.8 Å². The highest BCUT2D eigenvalue weighted by molar-refractivity contribution is 7.99. The fourth-order valence-corrected chi connectivity index (χ4v) is 2.61. The predicted molar refractivity (Wildman–Crippen MR) is 76.1 cm³/mol. The molecule has 0 aromatic carbocycles. The average Bonchev–Trinajstić information content (AvgIpc) is 2.26. The lowest BCUT2D eigenvalue weighted by Crippen LogP contribution is -2.01. The summed E-state index contributed by atoms with van der Waals surface area (Å²) in [6.07, 6.45) is 1.82. The van der Waals surface area contributed by atoms with Gasteiger partial charge in [0, 0.05) is 23.9 Å². The van der Waals surface area contributed by atoms with Crippen molar-refractivity contribution in [1.82, 2.24) is 19.9 Å². The molecule has 0 unspecified atom stereocenters. The molecule has 0 fully saturated rings. The topological polar surface area (TPSA) is 77.6 Å². The van der Waals surface area contributed by atoms with Gasteiger partial charge in [0.2, 0.25) is 0 Å². The molecule has 0 bridgehead atoms. The summed E-state index contributed by atoms with van der Waals surface area (Å²) in [4.78, 5) is 17.5. The second kappa shape index (κ2) is 5.97. The second-order valence-electron chi connectivity index (χ2n) is 4.33. The number of aromatic nitrogens is 4. The van der Waals surface area contributed by atoms with Crippen molar-refractivity contribution < 1.29 is 0 Å². The van der Waals surface area contributed by atoms with Crippen molar-refractivity contribution in [2.75, 3.05) is 5.73 Å². The zero-order chi connectivity index (χ0) is 13.8. The number of hydrogen-bond donors (Lipinski definition) is 1. The summed E-state index contributed by atoms with van der Waals surface area (Å²) in [6.45, 7) is 6.00. The molecule has 0 saturated heterocycles. The average molecular weight is 275 g/mol. The molecule has 2 N–H and O–H groups in total. The van der Waals surface area contributed by atoms with Crippen molar-refractivity contribution in [3.05, 3.63) is 29.3 Å². The number of aryl methyl sites for hydroxylation is 3. The maximum absolute atomic E-state index is 5.80. The van der Waals surface area contributed by atoms with E-state index >= 15 is 0 Å².